The lowest BCUT2D eigenvalue weighted by Gasteiger charge is -2.10. The molecule has 1 amide bonds. The fraction of sp³-hybridized carbons (Fsp3) is 0.0500. The number of nitrogens with one attached hydrogen (secondary N) is 2. The Morgan fingerprint density at radius 3 is 2.10 bits per heavy atom. The van der Waals surface area contributed by atoms with Crippen LogP contribution in [0.5, 0.6) is 5.75 Å². The third-order valence-electron chi connectivity index (χ3n) is 3.73. The summed E-state index contributed by atoms with van der Waals surface area (Å²) >= 11 is 7.94. The van der Waals surface area contributed by atoms with Crippen LogP contribution in [-0.4, -0.2) is 20.9 Å². The molecule has 0 fully saturated rings. The maximum absolute atomic E-state index is 12.5. The number of halogens is 2. The number of hydrogen-bond donors (Lipinski definition) is 2. The van der Waals surface area contributed by atoms with Crippen molar-refractivity contribution in [1.82, 2.24) is 0 Å². The highest BCUT2D eigenvalue weighted by Crippen LogP contribution is 2.19. The third-order valence-corrected chi connectivity index (χ3v) is 6.10. The molecule has 0 saturated carbocycles. The number of benzene rings is 3. The second-order valence-corrected chi connectivity index (χ2v) is 9.29. The molecular weight excluding hydrogens is 527 g/mol. The number of sulfonamides is 1. The van der Waals surface area contributed by atoms with E-state index in [0.717, 1.165) is 3.57 Å². The average molecular weight is 543 g/mol. The van der Waals surface area contributed by atoms with Crippen molar-refractivity contribution in [2.24, 2.45) is 0 Å². The fourth-order valence-electron chi connectivity index (χ4n) is 2.33. The first kappa shape index (κ1) is 21.4. The summed E-state index contributed by atoms with van der Waals surface area (Å²) in [6, 6.07) is 19.5. The summed E-state index contributed by atoms with van der Waals surface area (Å²) < 4.78 is 33.8. The molecule has 3 rings (SSSR count). The highest BCUT2D eigenvalue weighted by molar-refractivity contribution is 14.1. The SMILES string of the molecule is O=C(COc1ccc(Cl)cc1)Nc1ccc(S(=O)(=O)Nc2ccc(I)cc2)cc1. The lowest BCUT2D eigenvalue weighted by Crippen LogP contribution is -2.20. The van der Waals surface area contributed by atoms with E-state index in [0.29, 0.717) is 22.1 Å². The fourth-order valence-corrected chi connectivity index (χ4v) is 3.87. The number of amides is 1. The van der Waals surface area contributed by atoms with Crippen LogP contribution < -0.4 is 14.8 Å². The van der Waals surface area contributed by atoms with Gasteiger partial charge in [-0.3, -0.25) is 9.52 Å². The quantitative estimate of drug-likeness (QED) is 0.422. The van der Waals surface area contributed by atoms with Crippen molar-refractivity contribution >= 4 is 61.5 Å². The van der Waals surface area contributed by atoms with Crippen molar-refractivity contribution in [3.63, 3.8) is 0 Å². The van der Waals surface area contributed by atoms with Gasteiger partial charge in [0.05, 0.1) is 4.90 Å². The molecule has 6 nitrogen and oxygen atoms in total. The van der Waals surface area contributed by atoms with Gasteiger partial charge >= 0.3 is 0 Å². The Morgan fingerprint density at radius 1 is 0.897 bits per heavy atom. The average Bonchev–Trinajstić information content (AvgIpc) is 2.70. The highest BCUT2D eigenvalue weighted by Gasteiger charge is 2.14. The molecule has 0 aliphatic rings. The van der Waals surface area contributed by atoms with Crippen molar-refractivity contribution in [1.29, 1.82) is 0 Å². The molecule has 0 radical (unpaired) electrons. The standard InChI is InChI=1S/C20H16ClIN2O4S/c21-14-1-9-18(10-2-14)28-13-20(25)23-16-7-11-19(12-8-16)29(26,27)24-17-5-3-15(22)4-6-17/h1-12,24H,13H2,(H,23,25). The molecule has 150 valence electrons. The number of ether oxygens (including phenoxy) is 1. The molecule has 0 spiro atoms. The van der Waals surface area contributed by atoms with Crippen LogP contribution in [-0.2, 0) is 14.8 Å². The van der Waals surface area contributed by atoms with Crippen LogP contribution in [0.25, 0.3) is 0 Å². The van der Waals surface area contributed by atoms with E-state index in [2.05, 4.69) is 32.6 Å². The van der Waals surface area contributed by atoms with Gasteiger partial charge in [-0.25, -0.2) is 8.42 Å². The molecule has 3 aromatic carbocycles. The van der Waals surface area contributed by atoms with Gasteiger partial charge in [0, 0.05) is 20.0 Å². The van der Waals surface area contributed by atoms with E-state index in [1.165, 1.54) is 24.3 Å². The third kappa shape index (κ3) is 6.34. The van der Waals surface area contributed by atoms with Crippen LogP contribution in [0.3, 0.4) is 0 Å². The van der Waals surface area contributed by atoms with Crippen molar-refractivity contribution in [3.8, 4) is 5.75 Å². The Bertz CT molecular complexity index is 1090. The van der Waals surface area contributed by atoms with Gasteiger partial charge in [-0.1, -0.05) is 11.6 Å². The molecule has 2 N–H and O–H groups in total. The summed E-state index contributed by atoms with van der Waals surface area (Å²) in [4.78, 5) is 12.1. The first-order chi connectivity index (χ1) is 13.8. The van der Waals surface area contributed by atoms with Gasteiger partial charge in [-0.15, -0.1) is 0 Å². The second kappa shape index (κ2) is 9.47. The van der Waals surface area contributed by atoms with Crippen LogP contribution in [0.15, 0.2) is 77.7 Å². The number of carbonyl (C=O) groups is 1. The van der Waals surface area contributed by atoms with Gasteiger partial charge in [-0.2, -0.15) is 0 Å². The lowest BCUT2D eigenvalue weighted by molar-refractivity contribution is -0.118. The van der Waals surface area contributed by atoms with Crippen molar-refractivity contribution < 1.29 is 17.9 Å². The summed E-state index contributed by atoms with van der Waals surface area (Å²) in [6.07, 6.45) is 0. The Morgan fingerprint density at radius 2 is 1.48 bits per heavy atom. The zero-order valence-corrected chi connectivity index (χ0v) is 18.7. The summed E-state index contributed by atoms with van der Waals surface area (Å²) in [5.74, 6) is 0.153. The Balaban J connectivity index is 1.58. The van der Waals surface area contributed by atoms with Crippen LogP contribution in [0.1, 0.15) is 0 Å². The highest BCUT2D eigenvalue weighted by atomic mass is 127. The van der Waals surface area contributed by atoms with E-state index in [4.69, 9.17) is 16.3 Å². The number of rotatable bonds is 7. The minimum Gasteiger partial charge on any atom is -0.484 e. The number of hydrogen-bond acceptors (Lipinski definition) is 4. The van der Waals surface area contributed by atoms with Crippen LogP contribution in [0.4, 0.5) is 11.4 Å². The summed E-state index contributed by atoms with van der Waals surface area (Å²) in [7, 11) is -3.72. The minimum absolute atomic E-state index is 0.0893. The van der Waals surface area contributed by atoms with E-state index in [1.54, 1.807) is 36.4 Å². The van der Waals surface area contributed by atoms with Crippen LogP contribution >= 0.6 is 34.2 Å². The Labute approximate surface area is 187 Å². The van der Waals surface area contributed by atoms with E-state index in [9.17, 15) is 13.2 Å². The van der Waals surface area contributed by atoms with Crippen molar-refractivity contribution in [3.05, 3.63) is 81.4 Å². The predicted octanol–water partition coefficient (Wildman–Crippen LogP) is 4.76. The molecule has 0 aliphatic heterocycles. The van der Waals surface area contributed by atoms with Gasteiger partial charge in [0.2, 0.25) is 0 Å². The van der Waals surface area contributed by atoms with Gasteiger partial charge in [0.25, 0.3) is 15.9 Å². The molecule has 29 heavy (non-hydrogen) atoms. The lowest BCUT2D eigenvalue weighted by atomic mass is 10.3. The predicted molar refractivity (Wildman–Crippen MR) is 122 cm³/mol. The van der Waals surface area contributed by atoms with Gasteiger partial charge < -0.3 is 10.1 Å². The maximum atomic E-state index is 12.5. The molecule has 0 unspecified atom stereocenters. The number of carbonyl (C=O) groups excluding carboxylic acids is 1. The monoisotopic (exact) mass is 542 g/mol. The van der Waals surface area contributed by atoms with Gasteiger partial charge in [-0.05, 0) is 95.4 Å². The Hall–Kier alpha value is -2.30. The molecule has 9 heteroatoms. The smallest absolute Gasteiger partial charge is 0.262 e. The van der Waals surface area contributed by atoms with E-state index >= 15 is 0 Å². The molecule has 0 aliphatic carbocycles. The maximum Gasteiger partial charge on any atom is 0.262 e. The minimum atomic E-state index is -3.72. The van der Waals surface area contributed by atoms with E-state index in [-0.39, 0.29) is 17.4 Å². The molecule has 0 saturated heterocycles. The normalized spacial score (nSPS) is 11.0. The summed E-state index contributed by atoms with van der Waals surface area (Å²) in [6.45, 7) is -0.184. The largest absolute Gasteiger partial charge is 0.484 e. The van der Waals surface area contributed by atoms with Crippen LogP contribution in [0, 0.1) is 3.57 Å². The van der Waals surface area contributed by atoms with Gasteiger partial charge in [0.15, 0.2) is 6.61 Å². The first-order valence-electron chi connectivity index (χ1n) is 8.38. The molecule has 0 heterocycles. The zero-order chi connectivity index (χ0) is 20.9. The van der Waals surface area contributed by atoms with Gasteiger partial charge in [0.1, 0.15) is 5.75 Å². The molecule has 3 aromatic rings. The molecular formula is C20H16ClIN2O4S. The summed E-state index contributed by atoms with van der Waals surface area (Å²) in [5.41, 5.74) is 0.935. The first-order valence-corrected chi connectivity index (χ1v) is 11.3. The van der Waals surface area contributed by atoms with Crippen molar-refractivity contribution in [2.45, 2.75) is 4.90 Å². The topological polar surface area (TPSA) is 84.5 Å². The Kier molecular flexibility index (Phi) is 6.99. The molecule has 0 aromatic heterocycles. The second-order valence-electron chi connectivity index (χ2n) is 5.93. The zero-order valence-electron chi connectivity index (χ0n) is 14.9. The van der Waals surface area contributed by atoms with Crippen molar-refractivity contribution in [2.75, 3.05) is 16.6 Å². The van der Waals surface area contributed by atoms with E-state index in [1.807, 2.05) is 12.1 Å². The molecule has 0 atom stereocenters. The molecule has 0 bridgehead atoms. The van der Waals surface area contributed by atoms with Crippen LogP contribution in [0.2, 0.25) is 5.02 Å². The van der Waals surface area contributed by atoms with E-state index < -0.39 is 10.0 Å². The number of anilines is 2. The summed E-state index contributed by atoms with van der Waals surface area (Å²) in [5, 5.41) is 3.23.